The van der Waals surface area contributed by atoms with Gasteiger partial charge in [0.05, 0.1) is 8.68 Å². The minimum absolute atomic E-state index is 0. The molecule has 2 N–H and O–H groups in total. The molecule has 8 heteroatoms. The Labute approximate surface area is 139 Å². The molecule has 0 saturated carbocycles. The molecule has 0 bridgehead atoms. The minimum Gasteiger partial charge on any atom is -0.328 e. The number of nitrogens with zero attached hydrogens (tertiary/aromatic N) is 1. The van der Waals surface area contributed by atoms with Crippen molar-refractivity contribution in [1.29, 1.82) is 0 Å². The summed E-state index contributed by atoms with van der Waals surface area (Å²) < 4.78 is 27.8. The van der Waals surface area contributed by atoms with E-state index >= 15 is 0 Å². The zero-order valence-electron chi connectivity index (χ0n) is 11.5. The van der Waals surface area contributed by atoms with Gasteiger partial charge < -0.3 is 5.73 Å². The highest BCUT2D eigenvalue weighted by Crippen LogP contribution is 2.33. The lowest BCUT2D eigenvalue weighted by molar-refractivity contribution is 0.243. The van der Waals surface area contributed by atoms with E-state index in [1.165, 1.54) is 11.3 Å². The number of nitrogens with two attached hydrogens (primary N) is 1. The van der Waals surface area contributed by atoms with Gasteiger partial charge in [0, 0.05) is 24.0 Å². The molecule has 1 fully saturated rings. The van der Waals surface area contributed by atoms with Crippen molar-refractivity contribution in [3.63, 3.8) is 0 Å². The Morgan fingerprint density at radius 1 is 1.55 bits per heavy atom. The molecule has 20 heavy (non-hydrogen) atoms. The van der Waals surface area contributed by atoms with Gasteiger partial charge in [-0.3, -0.25) is 0 Å². The molecule has 0 spiro atoms. The predicted octanol–water partition coefficient (Wildman–Crippen LogP) is 2.99. The highest BCUT2D eigenvalue weighted by molar-refractivity contribution is 9.11. The van der Waals surface area contributed by atoms with Crippen molar-refractivity contribution in [3.05, 3.63) is 14.7 Å². The molecule has 2 unspecified atom stereocenters. The fraction of sp³-hybridized carbons (Fsp3) is 0.667. The van der Waals surface area contributed by atoms with Gasteiger partial charge in [0.1, 0.15) is 0 Å². The standard InChI is InChI=1S/C12H19BrN2O2S2.ClH/c1-8(14)10-4-3-5-15(7-10)19(16,17)11-6-12(13)18-9(11)2;/h6,8,10H,3-5,7,14H2,1-2H3;1H. The maximum Gasteiger partial charge on any atom is 0.244 e. The highest BCUT2D eigenvalue weighted by atomic mass is 79.9. The van der Waals surface area contributed by atoms with Crippen molar-refractivity contribution >= 4 is 49.7 Å². The van der Waals surface area contributed by atoms with E-state index in [1.807, 2.05) is 13.8 Å². The van der Waals surface area contributed by atoms with Crippen LogP contribution in [0.3, 0.4) is 0 Å². The molecule has 0 amide bonds. The van der Waals surface area contributed by atoms with Crippen LogP contribution >= 0.6 is 39.7 Å². The Bertz CT molecular complexity index is 560. The van der Waals surface area contributed by atoms with Crippen LogP contribution in [0.15, 0.2) is 14.7 Å². The molecule has 0 aromatic carbocycles. The van der Waals surface area contributed by atoms with Crippen molar-refractivity contribution < 1.29 is 8.42 Å². The number of thiophene rings is 1. The summed E-state index contributed by atoms with van der Waals surface area (Å²) in [7, 11) is -3.38. The zero-order valence-corrected chi connectivity index (χ0v) is 15.5. The highest BCUT2D eigenvalue weighted by Gasteiger charge is 2.33. The summed E-state index contributed by atoms with van der Waals surface area (Å²) in [4.78, 5) is 1.25. The Kier molecular flexibility index (Phi) is 6.50. The van der Waals surface area contributed by atoms with Crippen molar-refractivity contribution in [2.24, 2.45) is 11.7 Å². The fourth-order valence-corrected chi connectivity index (χ4v) is 6.37. The molecule has 116 valence electrons. The first kappa shape index (κ1) is 18.4. The molecule has 1 aliphatic heterocycles. The maximum absolute atomic E-state index is 12.7. The van der Waals surface area contributed by atoms with E-state index in [2.05, 4.69) is 15.9 Å². The van der Waals surface area contributed by atoms with E-state index in [4.69, 9.17) is 5.73 Å². The third-order valence-corrected chi connectivity index (χ3v) is 7.30. The van der Waals surface area contributed by atoms with Crippen LogP contribution in [-0.2, 0) is 10.0 Å². The number of sulfonamides is 1. The van der Waals surface area contributed by atoms with Gasteiger partial charge in [-0.1, -0.05) is 0 Å². The van der Waals surface area contributed by atoms with Crippen LogP contribution in [0.5, 0.6) is 0 Å². The number of halogens is 2. The zero-order chi connectivity index (χ0) is 14.2. The van der Waals surface area contributed by atoms with E-state index in [-0.39, 0.29) is 24.4 Å². The topological polar surface area (TPSA) is 63.4 Å². The second kappa shape index (κ2) is 7.07. The smallest absolute Gasteiger partial charge is 0.244 e. The molecule has 1 aromatic rings. The third kappa shape index (κ3) is 3.75. The molecule has 2 rings (SSSR count). The number of piperidine rings is 1. The molecule has 2 atom stereocenters. The molecule has 4 nitrogen and oxygen atoms in total. The molecule has 1 saturated heterocycles. The van der Waals surface area contributed by atoms with Gasteiger partial charge in [0.15, 0.2) is 0 Å². The largest absolute Gasteiger partial charge is 0.328 e. The Morgan fingerprint density at radius 3 is 2.70 bits per heavy atom. The third-order valence-electron chi connectivity index (χ3n) is 3.62. The van der Waals surface area contributed by atoms with E-state index in [1.54, 1.807) is 10.4 Å². The van der Waals surface area contributed by atoms with Crippen LogP contribution in [0, 0.1) is 12.8 Å². The normalized spacial score (nSPS) is 22.3. The fourth-order valence-electron chi connectivity index (χ4n) is 2.45. The molecular formula is C12H20BrClN2O2S2. The summed E-state index contributed by atoms with van der Waals surface area (Å²) in [6.07, 6.45) is 1.89. The van der Waals surface area contributed by atoms with E-state index in [9.17, 15) is 8.42 Å². The van der Waals surface area contributed by atoms with Crippen molar-refractivity contribution in [2.75, 3.05) is 13.1 Å². The van der Waals surface area contributed by atoms with Crippen molar-refractivity contribution in [3.8, 4) is 0 Å². The lowest BCUT2D eigenvalue weighted by Crippen LogP contribution is -2.44. The maximum atomic E-state index is 12.7. The SMILES string of the molecule is Cc1sc(Br)cc1S(=O)(=O)N1CCCC(C(C)N)C1.Cl. The lowest BCUT2D eigenvalue weighted by atomic mass is 9.93. The monoisotopic (exact) mass is 402 g/mol. The van der Waals surface area contributed by atoms with Crippen LogP contribution in [0.4, 0.5) is 0 Å². The summed E-state index contributed by atoms with van der Waals surface area (Å²) in [5, 5.41) is 0. The Morgan fingerprint density at radius 2 is 2.20 bits per heavy atom. The molecule has 1 aromatic heterocycles. The minimum atomic E-state index is -3.38. The summed E-state index contributed by atoms with van der Waals surface area (Å²) in [5.41, 5.74) is 5.92. The van der Waals surface area contributed by atoms with Gasteiger partial charge in [0.25, 0.3) is 0 Å². The average Bonchev–Trinajstić information content (AvgIpc) is 2.69. The Hall–Kier alpha value is 0.340. The summed E-state index contributed by atoms with van der Waals surface area (Å²) in [6.45, 7) is 4.92. The first-order valence-corrected chi connectivity index (χ1v) is 9.39. The van der Waals surface area contributed by atoms with Gasteiger partial charge in [0.2, 0.25) is 10.0 Å². The van der Waals surface area contributed by atoms with Crippen LogP contribution in [0.25, 0.3) is 0 Å². The number of aryl methyl sites for hydroxylation is 1. The van der Waals surface area contributed by atoms with Gasteiger partial charge in [-0.15, -0.1) is 23.7 Å². The van der Waals surface area contributed by atoms with Crippen molar-refractivity contribution in [2.45, 2.75) is 37.6 Å². The van der Waals surface area contributed by atoms with Crippen LogP contribution in [0.2, 0.25) is 0 Å². The molecule has 2 heterocycles. The second-order valence-corrected chi connectivity index (χ2v) is 9.64. The molecular weight excluding hydrogens is 384 g/mol. The molecule has 1 aliphatic rings. The summed E-state index contributed by atoms with van der Waals surface area (Å²) in [6, 6.07) is 1.73. The van der Waals surface area contributed by atoms with E-state index < -0.39 is 10.0 Å². The molecule has 0 radical (unpaired) electrons. The first-order valence-electron chi connectivity index (χ1n) is 6.34. The van der Waals surface area contributed by atoms with Crippen LogP contribution in [-0.4, -0.2) is 31.9 Å². The quantitative estimate of drug-likeness (QED) is 0.844. The van der Waals surface area contributed by atoms with Crippen LogP contribution in [0.1, 0.15) is 24.6 Å². The first-order chi connectivity index (χ1) is 8.82. The number of hydrogen-bond acceptors (Lipinski definition) is 4. The summed E-state index contributed by atoms with van der Waals surface area (Å²) in [5.74, 6) is 0.255. The van der Waals surface area contributed by atoms with Gasteiger partial charge in [-0.05, 0) is 54.6 Å². The number of hydrogen-bond donors (Lipinski definition) is 1. The van der Waals surface area contributed by atoms with E-state index in [0.29, 0.717) is 18.0 Å². The predicted molar refractivity (Wildman–Crippen MR) is 89.1 cm³/mol. The van der Waals surface area contributed by atoms with Gasteiger partial charge >= 0.3 is 0 Å². The Balaban J connectivity index is 0.00000200. The van der Waals surface area contributed by atoms with Gasteiger partial charge in [-0.2, -0.15) is 4.31 Å². The van der Waals surface area contributed by atoms with Gasteiger partial charge in [-0.25, -0.2) is 8.42 Å². The average molecular weight is 404 g/mol. The molecule has 0 aliphatic carbocycles. The summed E-state index contributed by atoms with van der Waals surface area (Å²) >= 11 is 4.80. The van der Waals surface area contributed by atoms with E-state index in [0.717, 1.165) is 21.5 Å². The number of rotatable bonds is 3. The second-order valence-electron chi connectivity index (χ2n) is 5.10. The van der Waals surface area contributed by atoms with Crippen LogP contribution < -0.4 is 5.73 Å². The lowest BCUT2D eigenvalue weighted by Gasteiger charge is -2.33. The van der Waals surface area contributed by atoms with Crippen molar-refractivity contribution in [1.82, 2.24) is 4.31 Å².